The van der Waals surface area contributed by atoms with Crippen molar-refractivity contribution in [1.29, 1.82) is 0 Å². The Morgan fingerprint density at radius 3 is 2.83 bits per heavy atom. The van der Waals surface area contributed by atoms with Crippen molar-refractivity contribution < 1.29 is 9.47 Å². The van der Waals surface area contributed by atoms with E-state index in [1.54, 1.807) is 11.3 Å². The molecule has 0 aliphatic rings. The third-order valence-electron chi connectivity index (χ3n) is 3.36. The third kappa shape index (κ3) is 3.58. The Morgan fingerprint density at radius 1 is 1.22 bits per heavy atom. The van der Waals surface area contributed by atoms with Crippen LogP contribution in [0.2, 0.25) is 5.02 Å². The molecule has 2 aromatic carbocycles. The molecule has 1 heterocycles. The lowest BCUT2D eigenvalue weighted by Crippen LogP contribution is -2.01. The molecule has 0 radical (unpaired) electrons. The first kappa shape index (κ1) is 16.1. The summed E-state index contributed by atoms with van der Waals surface area (Å²) in [6.45, 7) is 2.83. The van der Waals surface area contributed by atoms with Gasteiger partial charge < -0.3 is 14.8 Å². The molecule has 120 valence electrons. The van der Waals surface area contributed by atoms with Crippen LogP contribution in [0.25, 0.3) is 20.8 Å². The molecule has 0 atom stereocenters. The summed E-state index contributed by atoms with van der Waals surface area (Å²) in [5, 5.41) is 4.68. The van der Waals surface area contributed by atoms with Crippen LogP contribution in [0.3, 0.4) is 0 Å². The molecular formula is C17H17ClN2O2S. The van der Waals surface area contributed by atoms with E-state index in [1.807, 2.05) is 50.4 Å². The van der Waals surface area contributed by atoms with E-state index in [1.165, 1.54) is 0 Å². The molecule has 3 aromatic rings. The minimum absolute atomic E-state index is 0.259. The topological polar surface area (TPSA) is 43.4 Å². The first-order valence-corrected chi connectivity index (χ1v) is 8.49. The molecule has 23 heavy (non-hydrogen) atoms. The van der Waals surface area contributed by atoms with Crippen LogP contribution >= 0.6 is 22.9 Å². The van der Waals surface area contributed by atoms with Crippen molar-refractivity contribution in [2.45, 2.75) is 6.92 Å². The van der Waals surface area contributed by atoms with Gasteiger partial charge in [0, 0.05) is 19.2 Å². The molecule has 0 saturated carbocycles. The largest absolute Gasteiger partial charge is 0.468 e. The molecule has 0 spiro atoms. The fourth-order valence-corrected chi connectivity index (χ4v) is 3.43. The van der Waals surface area contributed by atoms with E-state index in [4.69, 9.17) is 21.1 Å². The van der Waals surface area contributed by atoms with Crippen molar-refractivity contribution in [3.8, 4) is 16.3 Å². The summed E-state index contributed by atoms with van der Waals surface area (Å²) in [5.41, 5.74) is 2.86. The standard InChI is InChI=1S/C17H17ClN2O2S/c1-3-21-10-22-12-5-7-15-16(9-12)23-17(20-15)11-4-6-14(19-2)13(18)8-11/h4-9,19H,3,10H2,1-2H3. The van der Waals surface area contributed by atoms with E-state index in [-0.39, 0.29) is 6.79 Å². The van der Waals surface area contributed by atoms with Gasteiger partial charge in [-0.2, -0.15) is 0 Å². The van der Waals surface area contributed by atoms with E-state index >= 15 is 0 Å². The lowest BCUT2D eigenvalue weighted by atomic mass is 10.2. The number of aromatic nitrogens is 1. The zero-order chi connectivity index (χ0) is 16.2. The normalized spacial score (nSPS) is 10.9. The number of rotatable bonds is 6. The number of nitrogens with zero attached hydrogens (tertiary/aromatic N) is 1. The molecule has 0 bridgehead atoms. The Bertz CT molecular complexity index is 819. The number of hydrogen-bond acceptors (Lipinski definition) is 5. The van der Waals surface area contributed by atoms with Gasteiger partial charge in [-0.1, -0.05) is 11.6 Å². The van der Waals surface area contributed by atoms with Gasteiger partial charge in [-0.05, 0) is 43.3 Å². The number of hydrogen-bond donors (Lipinski definition) is 1. The molecule has 0 amide bonds. The van der Waals surface area contributed by atoms with Crippen molar-refractivity contribution in [3.05, 3.63) is 41.4 Å². The van der Waals surface area contributed by atoms with Crippen LogP contribution in [0.4, 0.5) is 5.69 Å². The zero-order valence-electron chi connectivity index (χ0n) is 12.9. The Labute approximate surface area is 144 Å². The van der Waals surface area contributed by atoms with Gasteiger partial charge >= 0.3 is 0 Å². The van der Waals surface area contributed by atoms with Crippen molar-refractivity contribution in [2.75, 3.05) is 25.8 Å². The monoisotopic (exact) mass is 348 g/mol. The summed E-state index contributed by atoms with van der Waals surface area (Å²) in [6, 6.07) is 11.8. The van der Waals surface area contributed by atoms with Crippen molar-refractivity contribution in [2.24, 2.45) is 0 Å². The smallest absolute Gasteiger partial charge is 0.189 e. The highest BCUT2D eigenvalue weighted by molar-refractivity contribution is 7.21. The number of halogens is 1. The first-order valence-electron chi connectivity index (χ1n) is 7.30. The van der Waals surface area contributed by atoms with Gasteiger partial charge in [0.15, 0.2) is 6.79 Å². The van der Waals surface area contributed by atoms with Gasteiger partial charge in [0.2, 0.25) is 0 Å². The molecule has 6 heteroatoms. The number of anilines is 1. The SMILES string of the molecule is CCOCOc1ccc2nc(-c3ccc(NC)c(Cl)c3)sc2c1. The molecule has 0 saturated heterocycles. The maximum Gasteiger partial charge on any atom is 0.189 e. The minimum Gasteiger partial charge on any atom is -0.468 e. The Kier molecular flexibility index (Phi) is 5.00. The molecule has 1 aromatic heterocycles. The number of benzene rings is 2. The third-order valence-corrected chi connectivity index (χ3v) is 4.74. The quantitative estimate of drug-likeness (QED) is 0.501. The first-order chi connectivity index (χ1) is 11.2. The van der Waals surface area contributed by atoms with Crippen LogP contribution in [-0.4, -0.2) is 25.4 Å². The van der Waals surface area contributed by atoms with Crippen molar-refractivity contribution in [1.82, 2.24) is 4.98 Å². The van der Waals surface area contributed by atoms with Gasteiger partial charge in [-0.25, -0.2) is 4.98 Å². The van der Waals surface area contributed by atoms with Crippen LogP contribution in [0.1, 0.15) is 6.92 Å². The maximum atomic E-state index is 6.25. The highest BCUT2D eigenvalue weighted by Crippen LogP contribution is 2.35. The van der Waals surface area contributed by atoms with E-state index in [9.17, 15) is 0 Å². The molecule has 3 rings (SSSR count). The predicted molar refractivity (Wildman–Crippen MR) is 96.7 cm³/mol. The second kappa shape index (κ2) is 7.17. The Balaban J connectivity index is 1.89. The summed E-state index contributed by atoms with van der Waals surface area (Å²) in [4.78, 5) is 4.67. The molecule has 1 N–H and O–H groups in total. The molecule has 4 nitrogen and oxygen atoms in total. The average Bonchev–Trinajstić information content (AvgIpc) is 2.98. The number of nitrogens with one attached hydrogen (secondary N) is 1. The minimum atomic E-state index is 0.259. The highest BCUT2D eigenvalue weighted by Gasteiger charge is 2.09. The molecule has 0 unspecified atom stereocenters. The van der Waals surface area contributed by atoms with E-state index in [0.717, 1.165) is 32.2 Å². The van der Waals surface area contributed by atoms with Crippen LogP contribution in [0, 0.1) is 0 Å². The fraction of sp³-hybridized carbons (Fsp3) is 0.235. The number of fused-ring (bicyclic) bond motifs is 1. The lowest BCUT2D eigenvalue weighted by molar-refractivity contribution is 0.0225. The maximum absolute atomic E-state index is 6.25. The molecule has 0 aliphatic heterocycles. The second-order valence-electron chi connectivity index (χ2n) is 4.85. The van der Waals surface area contributed by atoms with E-state index < -0.39 is 0 Å². The summed E-state index contributed by atoms with van der Waals surface area (Å²) in [5.74, 6) is 0.782. The zero-order valence-corrected chi connectivity index (χ0v) is 14.5. The lowest BCUT2D eigenvalue weighted by Gasteiger charge is -2.04. The van der Waals surface area contributed by atoms with Crippen LogP contribution < -0.4 is 10.1 Å². The summed E-state index contributed by atoms with van der Waals surface area (Å²) >= 11 is 7.87. The fourth-order valence-electron chi connectivity index (χ4n) is 2.16. The van der Waals surface area contributed by atoms with Gasteiger partial charge in [0.1, 0.15) is 10.8 Å². The van der Waals surface area contributed by atoms with E-state index in [0.29, 0.717) is 11.6 Å². The highest BCUT2D eigenvalue weighted by atomic mass is 35.5. The predicted octanol–water partition coefficient (Wildman–Crippen LogP) is 5.03. The Hall–Kier alpha value is -1.82. The van der Waals surface area contributed by atoms with Gasteiger partial charge in [-0.3, -0.25) is 0 Å². The van der Waals surface area contributed by atoms with Gasteiger partial charge in [-0.15, -0.1) is 11.3 Å². The molecule has 0 aliphatic carbocycles. The Morgan fingerprint density at radius 2 is 2.09 bits per heavy atom. The summed E-state index contributed by atoms with van der Waals surface area (Å²) in [7, 11) is 1.85. The molecule has 0 fully saturated rings. The van der Waals surface area contributed by atoms with Crippen molar-refractivity contribution in [3.63, 3.8) is 0 Å². The molecular weight excluding hydrogens is 332 g/mol. The number of thiazole rings is 1. The second-order valence-corrected chi connectivity index (χ2v) is 6.29. The van der Waals surface area contributed by atoms with E-state index in [2.05, 4.69) is 10.3 Å². The summed E-state index contributed by atoms with van der Waals surface area (Å²) < 4.78 is 11.8. The van der Waals surface area contributed by atoms with Gasteiger partial charge in [0.05, 0.1) is 20.9 Å². The number of ether oxygens (including phenoxy) is 2. The average molecular weight is 349 g/mol. The van der Waals surface area contributed by atoms with Crippen LogP contribution in [0.5, 0.6) is 5.75 Å². The summed E-state index contributed by atoms with van der Waals surface area (Å²) in [6.07, 6.45) is 0. The van der Waals surface area contributed by atoms with Gasteiger partial charge in [0.25, 0.3) is 0 Å². The van der Waals surface area contributed by atoms with Crippen LogP contribution in [0.15, 0.2) is 36.4 Å². The van der Waals surface area contributed by atoms with Crippen molar-refractivity contribution >= 4 is 38.8 Å². The van der Waals surface area contributed by atoms with Crippen LogP contribution in [-0.2, 0) is 4.74 Å².